The van der Waals surface area contributed by atoms with Gasteiger partial charge in [-0.15, -0.1) is 0 Å². The fraction of sp³-hybridized carbons (Fsp3) is 0.533. The number of thiocarbonyl (C=S) groups is 1. The Morgan fingerprint density at radius 3 is 2.67 bits per heavy atom. The van der Waals surface area contributed by atoms with Crippen molar-refractivity contribution >= 4 is 28.8 Å². The molecular formula is C15H24N4OS. The number of hydrogen-bond acceptors (Lipinski definition) is 4. The molecule has 0 aliphatic heterocycles. The molecule has 5 nitrogen and oxygen atoms in total. The number of hydrogen-bond donors (Lipinski definition) is 3. The van der Waals surface area contributed by atoms with Gasteiger partial charge in [0.15, 0.2) is 0 Å². The standard InChI is InChI=1S/C15H24N4OS/c1-9(2)8-18-13(20)5-6-17-12-7-10(3)19-11(4)14(12)15(16)21/h7,9H,5-6,8H2,1-4H3,(H2,16,21)(H,17,19)(H,18,20). The molecule has 4 N–H and O–H groups in total. The van der Waals surface area contributed by atoms with Crippen LogP contribution in [0, 0.1) is 19.8 Å². The first-order chi connectivity index (χ1) is 9.81. The van der Waals surface area contributed by atoms with Gasteiger partial charge in [-0.25, -0.2) is 0 Å². The van der Waals surface area contributed by atoms with Gasteiger partial charge in [-0.3, -0.25) is 9.78 Å². The summed E-state index contributed by atoms with van der Waals surface area (Å²) < 4.78 is 0. The zero-order chi connectivity index (χ0) is 16.0. The Labute approximate surface area is 131 Å². The molecule has 1 aromatic rings. The van der Waals surface area contributed by atoms with Gasteiger partial charge in [0.2, 0.25) is 5.91 Å². The summed E-state index contributed by atoms with van der Waals surface area (Å²) in [6.45, 7) is 9.15. The number of anilines is 1. The maximum Gasteiger partial charge on any atom is 0.221 e. The van der Waals surface area contributed by atoms with Crippen LogP contribution in [0.25, 0.3) is 0 Å². The molecule has 1 amide bonds. The molecule has 0 saturated carbocycles. The van der Waals surface area contributed by atoms with E-state index in [1.54, 1.807) is 0 Å². The fourth-order valence-electron chi connectivity index (χ4n) is 2.00. The molecule has 0 aliphatic carbocycles. The SMILES string of the molecule is Cc1cc(NCCC(=O)NCC(C)C)c(C(N)=S)c(C)n1. The molecule has 0 aliphatic rings. The predicted molar refractivity (Wildman–Crippen MR) is 90.6 cm³/mol. The number of aryl methyl sites for hydroxylation is 2. The molecule has 1 aromatic heterocycles. The van der Waals surface area contributed by atoms with E-state index in [1.165, 1.54) is 0 Å². The highest BCUT2D eigenvalue weighted by molar-refractivity contribution is 7.80. The van der Waals surface area contributed by atoms with E-state index in [0.717, 1.165) is 22.6 Å². The van der Waals surface area contributed by atoms with E-state index < -0.39 is 0 Å². The first-order valence-corrected chi connectivity index (χ1v) is 7.50. The molecule has 0 bridgehead atoms. The van der Waals surface area contributed by atoms with Crippen LogP contribution in [0.5, 0.6) is 0 Å². The summed E-state index contributed by atoms with van der Waals surface area (Å²) in [7, 11) is 0. The van der Waals surface area contributed by atoms with E-state index in [-0.39, 0.29) is 5.91 Å². The molecule has 0 fully saturated rings. The zero-order valence-corrected chi connectivity index (χ0v) is 13.9. The quantitative estimate of drug-likeness (QED) is 0.671. The van der Waals surface area contributed by atoms with E-state index in [9.17, 15) is 4.79 Å². The van der Waals surface area contributed by atoms with Gasteiger partial charge in [0.05, 0.1) is 5.56 Å². The third kappa shape index (κ3) is 5.67. The number of aromatic nitrogens is 1. The Morgan fingerprint density at radius 2 is 2.10 bits per heavy atom. The highest BCUT2D eigenvalue weighted by Gasteiger charge is 2.11. The Balaban J connectivity index is 2.63. The molecule has 0 aromatic carbocycles. The average Bonchev–Trinajstić information content (AvgIpc) is 2.34. The minimum atomic E-state index is 0.0376. The summed E-state index contributed by atoms with van der Waals surface area (Å²) in [4.78, 5) is 16.3. The summed E-state index contributed by atoms with van der Waals surface area (Å²) in [5.41, 5.74) is 9.02. The first-order valence-electron chi connectivity index (χ1n) is 7.10. The number of amides is 1. The van der Waals surface area contributed by atoms with Crippen LogP contribution in [0.1, 0.15) is 37.2 Å². The van der Waals surface area contributed by atoms with Crippen LogP contribution in [0.2, 0.25) is 0 Å². The van der Waals surface area contributed by atoms with Gasteiger partial charge in [-0.05, 0) is 25.8 Å². The highest BCUT2D eigenvalue weighted by Crippen LogP contribution is 2.19. The number of carbonyl (C=O) groups is 1. The van der Waals surface area contributed by atoms with Gasteiger partial charge in [0.25, 0.3) is 0 Å². The number of nitrogens with two attached hydrogens (primary N) is 1. The molecule has 1 heterocycles. The van der Waals surface area contributed by atoms with Gasteiger partial charge < -0.3 is 16.4 Å². The normalized spacial score (nSPS) is 10.5. The number of nitrogens with one attached hydrogen (secondary N) is 2. The number of carbonyl (C=O) groups excluding carboxylic acids is 1. The molecule has 21 heavy (non-hydrogen) atoms. The van der Waals surface area contributed by atoms with Gasteiger partial charge in [-0.1, -0.05) is 26.1 Å². The van der Waals surface area contributed by atoms with Crippen molar-refractivity contribution in [2.75, 3.05) is 18.4 Å². The second-order valence-corrected chi connectivity index (χ2v) is 5.95. The van der Waals surface area contributed by atoms with Crippen LogP contribution in [0.4, 0.5) is 5.69 Å². The first kappa shape index (κ1) is 17.4. The zero-order valence-electron chi connectivity index (χ0n) is 13.1. The maximum absolute atomic E-state index is 11.7. The summed E-state index contributed by atoms with van der Waals surface area (Å²) in [5, 5.41) is 6.11. The van der Waals surface area contributed by atoms with Crippen molar-refractivity contribution in [3.8, 4) is 0 Å². The van der Waals surface area contributed by atoms with Crippen LogP contribution < -0.4 is 16.4 Å². The molecule has 116 valence electrons. The Hall–Kier alpha value is -1.69. The maximum atomic E-state index is 11.7. The van der Waals surface area contributed by atoms with E-state index in [1.807, 2.05) is 19.9 Å². The average molecular weight is 308 g/mol. The lowest BCUT2D eigenvalue weighted by Crippen LogP contribution is -2.29. The van der Waals surface area contributed by atoms with Crippen molar-refractivity contribution in [2.24, 2.45) is 11.7 Å². The lowest BCUT2D eigenvalue weighted by molar-refractivity contribution is -0.120. The topological polar surface area (TPSA) is 80.0 Å². The second kappa shape index (κ2) is 7.93. The van der Waals surface area contributed by atoms with Crippen molar-refractivity contribution in [3.63, 3.8) is 0 Å². The molecular weight excluding hydrogens is 284 g/mol. The Morgan fingerprint density at radius 1 is 1.43 bits per heavy atom. The molecule has 1 rings (SSSR count). The van der Waals surface area contributed by atoms with E-state index >= 15 is 0 Å². The minimum Gasteiger partial charge on any atom is -0.389 e. The molecule has 0 spiro atoms. The third-order valence-electron chi connectivity index (χ3n) is 2.95. The van der Waals surface area contributed by atoms with Gasteiger partial charge >= 0.3 is 0 Å². The largest absolute Gasteiger partial charge is 0.389 e. The lowest BCUT2D eigenvalue weighted by atomic mass is 10.1. The van der Waals surface area contributed by atoms with Crippen molar-refractivity contribution in [2.45, 2.75) is 34.1 Å². The minimum absolute atomic E-state index is 0.0376. The molecule has 0 unspecified atom stereocenters. The van der Waals surface area contributed by atoms with Crippen LogP contribution in [0.3, 0.4) is 0 Å². The van der Waals surface area contributed by atoms with Crippen molar-refractivity contribution < 1.29 is 4.79 Å². The van der Waals surface area contributed by atoms with Crippen LogP contribution in [-0.4, -0.2) is 29.0 Å². The van der Waals surface area contributed by atoms with Gasteiger partial charge in [0, 0.05) is 36.6 Å². The van der Waals surface area contributed by atoms with Gasteiger partial charge in [0.1, 0.15) is 4.99 Å². The van der Waals surface area contributed by atoms with E-state index in [0.29, 0.717) is 30.4 Å². The smallest absolute Gasteiger partial charge is 0.221 e. The van der Waals surface area contributed by atoms with E-state index in [2.05, 4.69) is 29.5 Å². The summed E-state index contributed by atoms with van der Waals surface area (Å²) in [5.74, 6) is 0.490. The number of nitrogens with zero attached hydrogens (tertiary/aromatic N) is 1. The predicted octanol–water partition coefficient (Wildman–Crippen LogP) is 1.91. The summed E-state index contributed by atoms with van der Waals surface area (Å²) in [6, 6.07) is 1.90. The Kier molecular flexibility index (Phi) is 6.55. The van der Waals surface area contributed by atoms with Crippen LogP contribution in [0.15, 0.2) is 6.07 Å². The second-order valence-electron chi connectivity index (χ2n) is 5.51. The molecule has 0 saturated heterocycles. The van der Waals surface area contributed by atoms with Crippen LogP contribution >= 0.6 is 12.2 Å². The monoisotopic (exact) mass is 308 g/mol. The van der Waals surface area contributed by atoms with Crippen molar-refractivity contribution in [1.82, 2.24) is 10.3 Å². The molecule has 0 radical (unpaired) electrons. The van der Waals surface area contributed by atoms with Crippen molar-refractivity contribution in [1.29, 1.82) is 0 Å². The summed E-state index contributed by atoms with van der Waals surface area (Å²) >= 11 is 5.07. The van der Waals surface area contributed by atoms with Crippen molar-refractivity contribution in [3.05, 3.63) is 23.0 Å². The lowest BCUT2D eigenvalue weighted by Gasteiger charge is -2.14. The highest BCUT2D eigenvalue weighted by atomic mass is 32.1. The Bertz CT molecular complexity index is 529. The van der Waals surface area contributed by atoms with Crippen LogP contribution in [-0.2, 0) is 4.79 Å². The van der Waals surface area contributed by atoms with Gasteiger partial charge in [-0.2, -0.15) is 0 Å². The summed E-state index contributed by atoms with van der Waals surface area (Å²) in [6.07, 6.45) is 0.407. The number of pyridine rings is 1. The van der Waals surface area contributed by atoms with E-state index in [4.69, 9.17) is 18.0 Å². The number of rotatable bonds is 7. The third-order valence-corrected chi connectivity index (χ3v) is 3.15. The molecule has 6 heteroatoms. The fourth-order valence-corrected chi connectivity index (χ4v) is 2.25. The molecule has 0 atom stereocenters.